The molecular formula is C30H24O2Ti. The first-order valence-electron chi connectivity index (χ1n) is 10.4. The van der Waals surface area contributed by atoms with E-state index in [9.17, 15) is 10.2 Å². The Balaban J connectivity index is 0.000000155. The maximum absolute atomic E-state index is 10.3. The Morgan fingerprint density at radius 3 is 1.03 bits per heavy atom. The van der Waals surface area contributed by atoms with Gasteiger partial charge in [0, 0.05) is 0 Å². The fourth-order valence-electron chi connectivity index (χ4n) is 2.98. The molecule has 0 aliphatic heterocycles. The first kappa shape index (κ1) is 25.7. The molecule has 0 N–H and O–H groups in total. The van der Waals surface area contributed by atoms with Gasteiger partial charge in [0.05, 0.1) is 0 Å². The van der Waals surface area contributed by atoms with Gasteiger partial charge in [-0.15, -0.1) is 70.8 Å². The first-order chi connectivity index (χ1) is 15.7. The maximum atomic E-state index is 10.3. The molecule has 0 saturated carbocycles. The minimum absolute atomic E-state index is 0. The Labute approximate surface area is 210 Å². The summed E-state index contributed by atoms with van der Waals surface area (Å²) in [5.41, 5.74) is 0. The SMILES string of the molecule is [O-]c1ccccc1.[O-]c1ccccc1.[Ti+4].c1ccc2[cH-]ccc2c1.c1ccc2[cH-]ccc2c1. The van der Waals surface area contributed by atoms with Crippen molar-refractivity contribution in [3.8, 4) is 11.5 Å². The standard InChI is InChI=1S/2C9H7.2C6H6O.Ti/c2*1-2-5-9-7-3-6-8(9)4-1;2*7-6-4-2-1-3-5-6;/h2*1-7H;2*1-5,7H;/q2*-1;;;+4/p-2. The molecule has 6 aromatic carbocycles. The predicted molar refractivity (Wildman–Crippen MR) is 131 cm³/mol. The normalized spacial score (nSPS) is 9.21. The van der Waals surface area contributed by atoms with E-state index in [4.69, 9.17) is 0 Å². The molecule has 0 heterocycles. The van der Waals surface area contributed by atoms with Crippen molar-refractivity contribution in [1.29, 1.82) is 0 Å². The molecule has 0 radical (unpaired) electrons. The second-order valence-corrected chi connectivity index (χ2v) is 6.94. The average Bonchev–Trinajstić information content (AvgIpc) is 3.51. The Morgan fingerprint density at radius 2 is 0.727 bits per heavy atom. The van der Waals surface area contributed by atoms with Crippen molar-refractivity contribution in [1.82, 2.24) is 0 Å². The number of fused-ring (bicyclic) bond motifs is 2. The fraction of sp³-hybridized carbons (Fsp3) is 0. The van der Waals surface area contributed by atoms with Crippen LogP contribution >= 0.6 is 0 Å². The van der Waals surface area contributed by atoms with Crippen LogP contribution < -0.4 is 10.2 Å². The van der Waals surface area contributed by atoms with Crippen molar-refractivity contribution >= 4 is 21.5 Å². The van der Waals surface area contributed by atoms with Gasteiger partial charge in [0.2, 0.25) is 0 Å². The van der Waals surface area contributed by atoms with Crippen molar-refractivity contribution in [2.24, 2.45) is 0 Å². The zero-order valence-electron chi connectivity index (χ0n) is 18.2. The molecule has 6 rings (SSSR count). The predicted octanol–water partition coefficient (Wildman–Crippen LogP) is 6.64. The van der Waals surface area contributed by atoms with Gasteiger partial charge in [0.1, 0.15) is 0 Å². The summed E-state index contributed by atoms with van der Waals surface area (Å²) in [6, 6.07) is 46.0. The number of benzene rings is 4. The smallest absolute Gasteiger partial charge is 0.872 e. The zero-order chi connectivity index (χ0) is 22.4. The van der Waals surface area contributed by atoms with E-state index in [0.717, 1.165) is 0 Å². The van der Waals surface area contributed by atoms with Crippen LogP contribution in [0.25, 0.3) is 21.5 Å². The fourth-order valence-corrected chi connectivity index (χ4v) is 2.98. The van der Waals surface area contributed by atoms with E-state index in [1.54, 1.807) is 24.3 Å². The van der Waals surface area contributed by atoms with Crippen molar-refractivity contribution in [3.63, 3.8) is 0 Å². The second-order valence-electron chi connectivity index (χ2n) is 6.94. The molecule has 33 heavy (non-hydrogen) atoms. The summed E-state index contributed by atoms with van der Waals surface area (Å²) >= 11 is 0. The van der Waals surface area contributed by atoms with Crippen LogP contribution in [0.15, 0.2) is 146 Å². The summed E-state index contributed by atoms with van der Waals surface area (Å²) < 4.78 is 0. The third-order valence-corrected chi connectivity index (χ3v) is 4.58. The molecule has 0 amide bonds. The molecule has 0 fully saturated rings. The molecule has 0 spiro atoms. The van der Waals surface area contributed by atoms with Crippen LogP contribution in [-0.2, 0) is 21.7 Å². The Morgan fingerprint density at radius 1 is 0.394 bits per heavy atom. The largest absolute Gasteiger partial charge is 4.00 e. The van der Waals surface area contributed by atoms with Crippen LogP contribution in [0.1, 0.15) is 0 Å². The molecule has 6 aromatic rings. The molecule has 0 saturated heterocycles. The summed E-state index contributed by atoms with van der Waals surface area (Å²) in [6.45, 7) is 0. The molecule has 0 bridgehead atoms. The van der Waals surface area contributed by atoms with Gasteiger partial charge in [-0.05, 0) is 0 Å². The molecule has 0 atom stereocenters. The van der Waals surface area contributed by atoms with Crippen LogP contribution in [0.3, 0.4) is 0 Å². The van der Waals surface area contributed by atoms with Gasteiger partial charge in [-0.3, -0.25) is 0 Å². The minimum Gasteiger partial charge on any atom is -0.872 e. The minimum atomic E-state index is 0. The van der Waals surface area contributed by atoms with Gasteiger partial charge in [0.25, 0.3) is 0 Å². The number of para-hydroxylation sites is 2. The van der Waals surface area contributed by atoms with E-state index in [1.165, 1.54) is 45.8 Å². The van der Waals surface area contributed by atoms with Crippen molar-refractivity contribution < 1.29 is 31.9 Å². The molecule has 0 unspecified atom stereocenters. The van der Waals surface area contributed by atoms with Crippen LogP contribution in [0.4, 0.5) is 0 Å². The number of hydrogen-bond acceptors (Lipinski definition) is 2. The molecule has 160 valence electrons. The molecule has 0 aliphatic rings. The van der Waals surface area contributed by atoms with Gasteiger partial charge in [-0.2, -0.15) is 35.0 Å². The van der Waals surface area contributed by atoms with Crippen molar-refractivity contribution in [3.05, 3.63) is 146 Å². The van der Waals surface area contributed by atoms with Gasteiger partial charge < -0.3 is 10.2 Å². The van der Waals surface area contributed by atoms with Crippen molar-refractivity contribution in [2.75, 3.05) is 0 Å². The van der Waals surface area contributed by atoms with E-state index in [2.05, 4.69) is 84.9 Å². The molecule has 0 aliphatic carbocycles. The first-order valence-corrected chi connectivity index (χ1v) is 10.4. The molecule has 2 nitrogen and oxygen atoms in total. The molecule has 3 heteroatoms. The summed E-state index contributed by atoms with van der Waals surface area (Å²) in [4.78, 5) is 0. The van der Waals surface area contributed by atoms with E-state index < -0.39 is 0 Å². The summed E-state index contributed by atoms with van der Waals surface area (Å²) in [5, 5.41) is 25.9. The molecular weight excluding hydrogens is 440 g/mol. The Hall–Kier alpha value is -3.59. The Kier molecular flexibility index (Phi) is 11.3. The second kappa shape index (κ2) is 14.5. The Bertz CT molecular complexity index is 1120. The van der Waals surface area contributed by atoms with Gasteiger partial charge >= 0.3 is 21.7 Å². The number of hydrogen-bond donors (Lipinski definition) is 0. The zero-order valence-corrected chi connectivity index (χ0v) is 19.7. The van der Waals surface area contributed by atoms with Crippen LogP contribution in [0.5, 0.6) is 11.5 Å². The third-order valence-electron chi connectivity index (χ3n) is 4.58. The third kappa shape index (κ3) is 9.20. The van der Waals surface area contributed by atoms with Crippen molar-refractivity contribution in [2.45, 2.75) is 0 Å². The summed E-state index contributed by atoms with van der Waals surface area (Å²) in [6.07, 6.45) is 0. The van der Waals surface area contributed by atoms with E-state index in [0.29, 0.717) is 0 Å². The van der Waals surface area contributed by atoms with E-state index in [-0.39, 0.29) is 33.2 Å². The summed E-state index contributed by atoms with van der Waals surface area (Å²) in [7, 11) is 0. The average molecular weight is 464 g/mol. The van der Waals surface area contributed by atoms with Crippen LogP contribution in [-0.4, -0.2) is 0 Å². The van der Waals surface area contributed by atoms with Gasteiger partial charge in [0.15, 0.2) is 0 Å². The monoisotopic (exact) mass is 464 g/mol. The van der Waals surface area contributed by atoms with E-state index >= 15 is 0 Å². The van der Waals surface area contributed by atoms with Crippen LogP contribution in [0.2, 0.25) is 0 Å². The quantitative estimate of drug-likeness (QED) is 0.187. The van der Waals surface area contributed by atoms with Gasteiger partial charge in [-0.1, -0.05) is 72.8 Å². The van der Waals surface area contributed by atoms with Gasteiger partial charge in [-0.25, -0.2) is 0 Å². The van der Waals surface area contributed by atoms with Crippen LogP contribution in [0, 0.1) is 0 Å². The summed E-state index contributed by atoms with van der Waals surface area (Å²) in [5.74, 6) is 0.144. The van der Waals surface area contributed by atoms with E-state index in [1.807, 2.05) is 12.1 Å². The number of rotatable bonds is 0. The molecule has 0 aromatic heterocycles. The topological polar surface area (TPSA) is 46.1 Å². The maximum Gasteiger partial charge on any atom is 4.00 e.